The molecule has 3 N–H and O–H groups in total. The molecule has 4 aromatic rings. The van der Waals surface area contributed by atoms with Gasteiger partial charge in [0.25, 0.3) is 0 Å². The minimum atomic E-state index is -0.325. The Bertz CT molecular complexity index is 1400. The first-order valence-electron chi connectivity index (χ1n) is 11.1. The molecule has 4 rings (SSSR count). The first-order chi connectivity index (χ1) is 17.5. The Balaban J connectivity index is 1.44. The van der Waals surface area contributed by atoms with Gasteiger partial charge < -0.3 is 20.7 Å². The quantitative estimate of drug-likeness (QED) is 0.270. The van der Waals surface area contributed by atoms with Gasteiger partial charge in [-0.15, -0.1) is 0 Å². The van der Waals surface area contributed by atoms with Gasteiger partial charge in [0.1, 0.15) is 24.5 Å². The molecule has 0 radical (unpaired) electrons. The first kappa shape index (κ1) is 24.6. The van der Waals surface area contributed by atoms with Gasteiger partial charge in [0.15, 0.2) is 0 Å². The van der Waals surface area contributed by atoms with Crippen LogP contribution in [0.5, 0.6) is 5.75 Å². The Morgan fingerprint density at radius 2 is 1.89 bits per heavy atom. The lowest BCUT2D eigenvalue weighted by molar-refractivity contribution is -0.117. The average molecular weight is 503 g/mol. The van der Waals surface area contributed by atoms with Crippen molar-refractivity contribution in [2.24, 2.45) is 0 Å². The lowest BCUT2D eigenvalue weighted by Gasteiger charge is -2.12. The van der Waals surface area contributed by atoms with Crippen LogP contribution in [0.4, 0.5) is 17.2 Å². The number of aromatic nitrogens is 3. The Hall–Kier alpha value is -4.50. The van der Waals surface area contributed by atoms with Crippen molar-refractivity contribution in [1.29, 1.82) is 0 Å². The van der Waals surface area contributed by atoms with Crippen molar-refractivity contribution >= 4 is 51.5 Å². The second kappa shape index (κ2) is 11.8. The summed E-state index contributed by atoms with van der Waals surface area (Å²) in [6.07, 6.45) is 4.45. The van der Waals surface area contributed by atoms with Crippen LogP contribution in [-0.4, -0.2) is 33.3 Å². The van der Waals surface area contributed by atoms with E-state index >= 15 is 0 Å². The average Bonchev–Trinajstić information content (AvgIpc) is 2.89. The van der Waals surface area contributed by atoms with Crippen LogP contribution in [0.25, 0.3) is 10.9 Å². The number of anilines is 3. The number of hydrogen-bond donors (Lipinski definition) is 3. The van der Waals surface area contributed by atoms with Crippen molar-refractivity contribution in [2.45, 2.75) is 13.0 Å². The second-order valence-corrected chi connectivity index (χ2v) is 8.03. The number of nitrogens with one attached hydrogen (secondary N) is 3. The van der Waals surface area contributed by atoms with Gasteiger partial charge in [-0.1, -0.05) is 24.2 Å². The Kier molecular flexibility index (Phi) is 8.05. The molecule has 182 valence electrons. The third kappa shape index (κ3) is 6.55. The molecule has 0 aliphatic rings. The first-order valence-corrected chi connectivity index (χ1v) is 11.4. The van der Waals surface area contributed by atoms with E-state index in [0.29, 0.717) is 45.5 Å². The number of nitrogens with zero attached hydrogens (tertiary/aromatic N) is 3. The number of amides is 2. The summed E-state index contributed by atoms with van der Waals surface area (Å²) < 4.78 is 5.78. The highest BCUT2D eigenvalue weighted by Gasteiger charge is 2.10. The summed E-state index contributed by atoms with van der Waals surface area (Å²) in [7, 11) is 0. The molecule has 0 unspecified atom stereocenters. The van der Waals surface area contributed by atoms with Gasteiger partial charge in [-0.05, 0) is 54.6 Å². The summed E-state index contributed by atoms with van der Waals surface area (Å²) in [5.74, 6) is 0.523. The minimum absolute atomic E-state index is 0.126. The van der Waals surface area contributed by atoms with Crippen molar-refractivity contribution in [1.82, 2.24) is 20.3 Å². The molecule has 0 spiro atoms. The zero-order chi connectivity index (χ0) is 25.3. The van der Waals surface area contributed by atoms with E-state index in [1.807, 2.05) is 24.3 Å². The fourth-order valence-electron chi connectivity index (χ4n) is 3.30. The predicted octanol–water partition coefficient (Wildman–Crippen LogP) is 4.63. The molecule has 0 atom stereocenters. The van der Waals surface area contributed by atoms with E-state index in [1.54, 1.807) is 36.5 Å². The summed E-state index contributed by atoms with van der Waals surface area (Å²) in [4.78, 5) is 36.3. The number of ether oxygens (including phenoxy) is 1. The molecule has 0 aliphatic carbocycles. The molecule has 0 aliphatic heterocycles. The van der Waals surface area contributed by atoms with Crippen molar-refractivity contribution in [2.75, 3.05) is 17.2 Å². The Morgan fingerprint density at radius 1 is 1.03 bits per heavy atom. The summed E-state index contributed by atoms with van der Waals surface area (Å²) in [6, 6.07) is 16.3. The molecule has 2 aromatic heterocycles. The molecule has 9 nitrogen and oxygen atoms in total. The number of rotatable bonds is 10. The number of hydrogen-bond acceptors (Lipinski definition) is 7. The lowest BCUT2D eigenvalue weighted by Crippen LogP contribution is -2.25. The van der Waals surface area contributed by atoms with Crippen molar-refractivity contribution < 1.29 is 14.3 Å². The molecule has 0 bridgehead atoms. The highest BCUT2D eigenvalue weighted by atomic mass is 35.5. The zero-order valence-electron chi connectivity index (χ0n) is 19.2. The number of pyridine rings is 1. The maximum atomic E-state index is 12.2. The summed E-state index contributed by atoms with van der Waals surface area (Å²) in [5.41, 5.74) is 2.78. The van der Waals surface area contributed by atoms with Crippen LogP contribution in [0.1, 0.15) is 12.1 Å². The van der Waals surface area contributed by atoms with Crippen molar-refractivity contribution in [3.63, 3.8) is 0 Å². The van der Waals surface area contributed by atoms with Crippen LogP contribution < -0.4 is 20.7 Å². The van der Waals surface area contributed by atoms with Crippen LogP contribution >= 0.6 is 11.6 Å². The summed E-state index contributed by atoms with van der Waals surface area (Å²) in [5, 5.41) is 9.78. The van der Waals surface area contributed by atoms with Crippen LogP contribution in [-0.2, 0) is 16.2 Å². The van der Waals surface area contributed by atoms with E-state index < -0.39 is 0 Å². The topological polar surface area (TPSA) is 118 Å². The van der Waals surface area contributed by atoms with E-state index in [0.717, 1.165) is 11.8 Å². The SMILES string of the molecule is C=CC(=O)NCCC(=O)Nc1ccc2ncnc(Nc3ccc(OCc4ccccn4)c(Cl)c3)c2c1. The van der Waals surface area contributed by atoms with Gasteiger partial charge in [-0.25, -0.2) is 9.97 Å². The van der Waals surface area contributed by atoms with Crippen LogP contribution in [0.2, 0.25) is 5.02 Å². The molecule has 36 heavy (non-hydrogen) atoms. The van der Waals surface area contributed by atoms with E-state index in [-0.39, 0.29) is 24.8 Å². The van der Waals surface area contributed by atoms with Crippen LogP contribution in [0.15, 0.2) is 79.8 Å². The predicted molar refractivity (Wildman–Crippen MR) is 139 cm³/mol. The fraction of sp³-hybridized carbons (Fsp3) is 0.115. The molecule has 0 fully saturated rings. The van der Waals surface area contributed by atoms with E-state index in [4.69, 9.17) is 16.3 Å². The smallest absolute Gasteiger partial charge is 0.243 e. The van der Waals surface area contributed by atoms with Gasteiger partial charge in [-0.3, -0.25) is 14.6 Å². The zero-order valence-corrected chi connectivity index (χ0v) is 20.0. The molecule has 2 heterocycles. The van der Waals surface area contributed by atoms with Crippen molar-refractivity contribution in [3.8, 4) is 5.75 Å². The Labute approximate surface area is 212 Å². The van der Waals surface area contributed by atoms with E-state index in [2.05, 4.69) is 37.5 Å². The highest BCUT2D eigenvalue weighted by Crippen LogP contribution is 2.31. The second-order valence-electron chi connectivity index (χ2n) is 7.63. The number of halogens is 1. The van der Waals surface area contributed by atoms with Gasteiger partial charge in [0.05, 0.1) is 16.2 Å². The molecule has 10 heteroatoms. The third-order valence-corrected chi connectivity index (χ3v) is 5.35. The fourth-order valence-corrected chi connectivity index (χ4v) is 3.53. The number of fused-ring (bicyclic) bond motifs is 1. The molecular formula is C26H23ClN6O3. The monoisotopic (exact) mass is 502 g/mol. The highest BCUT2D eigenvalue weighted by molar-refractivity contribution is 6.32. The standard InChI is InChI=1S/C26H23ClN6O3/c1-2-24(34)29-12-10-25(35)32-17-6-8-22-20(13-17)26(31-16-30-22)33-18-7-9-23(21(27)14-18)36-15-19-5-3-4-11-28-19/h2-9,11,13-14,16H,1,10,12,15H2,(H,29,34)(H,32,35)(H,30,31,33). The van der Waals surface area contributed by atoms with Crippen molar-refractivity contribution in [3.05, 3.63) is 90.5 Å². The largest absolute Gasteiger partial charge is 0.486 e. The van der Waals surface area contributed by atoms with Gasteiger partial charge in [0, 0.05) is 35.9 Å². The lowest BCUT2D eigenvalue weighted by atomic mass is 10.2. The van der Waals surface area contributed by atoms with Gasteiger partial charge >= 0.3 is 0 Å². The van der Waals surface area contributed by atoms with E-state index in [1.165, 1.54) is 6.33 Å². The minimum Gasteiger partial charge on any atom is -0.486 e. The normalized spacial score (nSPS) is 10.5. The van der Waals surface area contributed by atoms with Crippen LogP contribution in [0.3, 0.4) is 0 Å². The number of carbonyl (C=O) groups is 2. The summed E-state index contributed by atoms with van der Waals surface area (Å²) >= 11 is 6.44. The number of carbonyl (C=O) groups excluding carboxylic acids is 2. The third-order valence-electron chi connectivity index (χ3n) is 5.05. The van der Waals surface area contributed by atoms with Gasteiger partial charge in [0.2, 0.25) is 11.8 Å². The molecule has 2 amide bonds. The molecular weight excluding hydrogens is 480 g/mol. The molecule has 0 saturated carbocycles. The van der Waals surface area contributed by atoms with Crippen LogP contribution in [0, 0.1) is 0 Å². The molecule has 2 aromatic carbocycles. The molecule has 0 saturated heterocycles. The summed E-state index contributed by atoms with van der Waals surface area (Å²) in [6.45, 7) is 3.89. The Morgan fingerprint density at radius 3 is 2.67 bits per heavy atom. The van der Waals surface area contributed by atoms with E-state index in [9.17, 15) is 9.59 Å². The van der Waals surface area contributed by atoms with Gasteiger partial charge in [-0.2, -0.15) is 0 Å². The maximum Gasteiger partial charge on any atom is 0.243 e. The number of benzene rings is 2. The maximum absolute atomic E-state index is 12.2.